The van der Waals surface area contributed by atoms with Crippen molar-refractivity contribution >= 4 is 17.9 Å². The molecule has 0 aromatic heterocycles. The lowest BCUT2D eigenvalue weighted by atomic mass is 9.91. The van der Waals surface area contributed by atoms with Crippen LogP contribution in [0.25, 0.3) is 0 Å². The van der Waals surface area contributed by atoms with Gasteiger partial charge in [0.2, 0.25) is 0 Å². The van der Waals surface area contributed by atoms with Crippen LogP contribution in [0.2, 0.25) is 0 Å². The van der Waals surface area contributed by atoms with E-state index >= 15 is 0 Å². The minimum Gasteiger partial charge on any atom is -0.459 e. The van der Waals surface area contributed by atoms with Gasteiger partial charge in [0.05, 0.1) is 28.9 Å². The molecule has 2 saturated heterocycles. The van der Waals surface area contributed by atoms with Crippen molar-refractivity contribution in [3.8, 4) is 0 Å². The van der Waals surface area contributed by atoms with Crippen molar-refractivity contribution in [3.63, 3.8) is 0 Å². The lowest BCUT2D eigenvalue weighted by Gasteiger charge is -2.51. The Bertz CT molecular complexity index is 1360. The van der Waals surface area contributed by atoms with Gasteiger partial charge in [-0.05, 0) is 49.2 Å². The van der Waals surface area contributed by atoms with Gasteiger partial charge in [-0.25, -0.2) is 14.4 Å². The summed E-state index contributed by atoms with van der Waals surface area (Å²) in [6.07, 6.45) is -1.87. The Kier molecular flexibility index (Phi) is 8.60. The second kappa shape index (κ2) is 12.9. The fraction of sp³-hybridized carbons (Fsp3) is 0.364. The minimum absolute atomic E-state index is 0.179. The van der Waals surface area contributed by atoms with Gasteiger partial charge in [-0.3, -0.25) is 0 Å². The van der Waals surface area contributed by atoms with Crippen LogP contribution in [-0.2, 0) is 28.4 Å². The second-order valence-electron chi connectivity index (χ2n) is 10.6. The maximum absolute atomic E-state index is 13.3. The number of ether oxygens (including phenoxy) is 6. The molecule has 1 saturated carbocycles. The summed E-state index contributed by atoms with van der Waals surface area (Å²) < 4.78 is 36.8. The first-order valence-corrected chi connectivity index (χ1v) is 14.3. The van der Waals surface area contributed by atoms with Gasteiger partial charge in [0.1, 0.15) is 18.8 Å². The number of fused-ring (bicyclic) bond motifs is 2. The smallest absolute Gasteiger partial charge is 0.338 e. The summed E-state index contributed by atoms with van der Waals surface area (Å²) in [6.45, 7) is -0.277. The van der Waals surface area contributed by atoms with Gasteiger partial charge in [0.15, 0.2) is 18.5 Å². The quantitative estimate of drug-likeness (QED) is 0.293. The van der Waals surface area contributed by atoms with Crippen LogP contribution in [-0.4, -0.2) is 67.4 Å². The molecule has 3 aromatic carbocycles. The average Bonchev–Trinajstić information content (AvgIpc) is 3.05. The highest BCUT2D eigenvalue weighted by atomic mass is 16.8. The summed E-state index contributed by atoms with van der Waals surface area (Å²) in [5.74, 6) is -1.83. The van der Waals surface area contributed by atoms with Gasteiger partial charge in [0, 0.05) is 0 Å². The Hall–Kier alpha value is -4.05. The Labute approximate surface area is 243 Å². The molecular formula is C33H32O9. The third-order valence-corrected chi connectivity index (χ3v) is 7.77. The molecule has 3 aliphatic rings. The lowest BCUT2D eigenvalue weighted by molar-refractivity contribution is -0.368. The molecule has 42 heavy (non-hydrogen) atoms. The molecule has 3 aromatic rings. The van der Waals surface area contributed by atoms with E-state index in [9.17, 15) is 14.4 Å². The Balaban J connectivity index is 1.31. The van der Waals surface area contributed by atoms with Crippen molar-refractivity contribution < 1.29 is 42.8 Å². The van der Waals surface area contributed by atoms with Gasteiger partial charge < -0.3 is 28.4 Å². The van der Waals surface area contributed by atoms with E-state index < -0.39 is 48.6 Å². The van der Waals surface area contributed by atoms with Crippen LogP contribution in [0.3, 0.4) is 0 Å². The van der Waals surface area contributed by atoms with Gasteiger partial charge in [-0.15, -0.1) is 0 Å². The van der Waals surface area contributed by atoms with E-state index in [0.29, 0.717) is 16.7 Å². The van der Waals surface area contributed by atoms with Crippen molar-refractivity contribution in [2.24, 2.45) is 0 Å². The standard InChI is InChI=1S/C33H32O9/c34-30(21-12-4-1-5-13-21)37-20-26-27(41-31(35)22-14-6-2-7-15-22)28(42-32(36)23-16-8-3-9-17-23)29-33(40-26)39-25-19-11-10-18-24(25)38-29/h1-9,12-17,24-29,33H,10-11,18-20H2/t24-,25-,26-,27-,28+,29+,33-/m1/s1. The van der Waals surface area contributed by atoms with Crippen LogP contribution in [0.15, 0.2) is 91.0 Å². The molecule has 2 aliphatic heterocycles. The topological polar surface area (TPSA) is 107 Å². The molecule has 6 rings (SSSR count). The van der Waals surface area contributed by atoms with Crippen molar-refractivity contribution in [1.82, 2.24) is 0 Å². The summed E-state index contributed by atoms with van der Waals surface area (Å²) in [5, 5.41) is 0. The fourth-order valence-electron chi connectivity index (χ4n) is 5.64. The highest BCUT2D eigenvalue weighted by molar-refractivity contribution is 5.91. The van der Waals surface area contributed by atoms with Gasteiger partial charge >= 0.3 is 17.9 Å². The number of rotatable bonds is 7. The molecule has 0 bridgehead atoms. The number of hydrogen-bond acceptors (Lipinski definition) is 9. The zero-order valence-corrected chi connectivity index (χ0v) is 22.9. The molecule has 0 unspecified atom stereocenters. The SMILES string of the molecule is O=C(OC[C@H]1O[C@H]2O[C@@H]3CCCC[C@H]3O[C@H]2[C@@H](OC(=O)c2ccccc2)[C@@H]1OC(=O)c1ccccc1)c1ccccc1. The van der Waals surface area contributed by atoms with Crippen LogP contribution in [0.1, 0.15) is 56.8 Å². The van der Waals surface area contributed by atoms with Crippen molar-refractivity contribution in [3.05, 3.63) is 108 Å². The predicted molar refractivity (Wildman–Crippen MR) is 149 cm³/mol. The molecule has 0 spiro atoms. The number of benzene rings is 3. The Morgan fingerprint density at radius 1 is 0.595 bits per heavy atom. The van der Waals surface area contributed by atoms with E-state index in [1.165, 1.54) is 0 Å². The molecule has 0 amide bonds. The van der Waals surface area contributed by atoms with E-state index in [0.717, 1.165) is 25.7 Å². The number of carbonyl (C=O) groups is 3. The highest BCUT2D eigenvalue weighted by Crippen LogP contribution is 2.39. The van der Waals surface area contributed by atoms with Crippen molar-refractivity contribution in [2.75, 3.05) is 6.61 Å². The Morgan fingerprint density at radius 2 is 1.07 bits per heavy atom. The Morgan fingerprint density at radius 3 is 1.62 bits per heavy atom. The van der Waals surface area contributed by atoms with E-state index in [4.69, 9.17) is 28.4 Å². The number of hydrogen-bond donors (Lipinski definition) is 0. The normalized spacial score (nSPS) is 28.4. The van der Waals surface area contributed by atoms with Crippen LogP contribution in [0.4, 0.5) is 0 Å². The van der Waals surface area contributed by atoms with Crippen LogP contribution < -0.4 is 0 Å². The van der Waals surface area contributed by atoms with Crippen molar-refractivity contribution in [2.45, 2.75) is 68.6 Å². The molecule has 0 N–H and O–H groups in total. The third kappa shape index (κ3) is 6.23. The molecule has 0 radical (unpaired) electrons. The molecular weight excluding hydrogens is 540 g/mol. The number of esters is 3. The van der Waals surface area contributed by atoms with E-state index in [-0.39, 0.29) is 18.8 Å². The monoisotopic (exact) mass is 572 g/mol. The molecule has 9 heteroatoms. The second-order valence-corrected chi connectivity index (χ2v) is 10.6. The molecule has 1 aliphatic carbocycles. The van der Waals surface area contributed by atoms with Crippen molar-refractivity contribution in [1.29, 1.82) is 0 Å². The van der Waals surface area contributed by atoms with E-state index in [1.54, 1.807) is 91.0 Å². The summed E-state index contributed by atoms with van der Waals surface area (Å²) in [6, 6.07) is 25.5. The van der Waals surface area contributed by atoms with E-state index in [1.807, 2.05) is 0 Å². The molecule has 2 heterocycles. The first-order valence-electron chi connectivity index (χ1n) is 14.3. The van der Waals surface area contributed by atoms with Crippen LogP contribution in [0.5, 0.6) is 0 Å². The molecule has 218 valence electrons. The predicted octanol–water partition coefficient (Wildman–Crippen LogP) is 4.75. The molecule has 9 nitrogen and oxygen atoms in total. The van der Waals surface area contributed by atoms with Crippen LogP contribution >= 0.6 is 0 Å². The fourth-order valence-corrected chi connectivity index (χ4v) is 5.64. The van der Waals surface area contributed by atoms with Gasteiger partial charge in [0.25, 0.3) is 0 Å². The summed E-state index contributed by atoms with van der Waals surface area (Å²) in [4.78, 5) is 39.5. The lowest BCUT2D eigenvalue weighted by Crippen LogP contribution is -2.67. The zero-order valence-electron chi connectivity index (χ0n) is 22.9. The first-order chi connectivity index (χ1) is 20.6. The maximum atomic E-state index is 13.3. The molecule has 3 fully saturated rings. The highest BCUT2D eigenvalue weighted by Gasteiger charge is 2.56. The zero-order chi connectivity index (χ0) is 28.9. The molecule has 7 atom stereocenters. The largest absolute Gasteiger partial charge is 0.459 e. The summed E-state index contributed by atoms with van der Waals surface area (Å²) in [5.41, 5.74) is 0.993. The minimum atomic E-state index is -1.17. The van der Waals surface area contributed by atoms with Gasteiger partial charge in [-0.1, -0.05) is 67.4 Å². The summed E-state index contributed by atoms with van der Waals surface area (Å²) >= 11 is 0. The van der Waals surface area contributed by atoms with Gasteiger partial charge in [-0.2, -0.15) is 0 Å². The first kappa shape index (κ1) is 28.1. The number of carbonyl (C=O) groups excluding carboxylic acids is 3. The summed E-state index contributed by atoms with van der Waals surface area (Å²) in [7, 11) is 0. The maximum Gasteiger partial charge on any atom is 0.338 e. The third-order valence-electron chi connectivity index (χ3n) is 7.77. The van der Waals surface area contributed by atoms with E-state index in [2.05, 4.69) is 0 Å². The van der Waals surface area contributed by atoms with Crippen LogP contribution in [0, 0.1) is 0 Å². The average molecular weight is 573 g/mol.